The number of hydrogen-bond donors (Lipinski definition) is 2. The normalized spacial score (nSPS) is 28.2. The van der Waals surface area contributed by atoms with Crippen molar-refractivity contribution in [3.63, 3.8) is 0 Å². The Labute approximate surface area is 102 Å². The van der Waals surface area contributed by atoms with Crippen molar-refractivity contribution in [2.75, 3.05) is 31.3 Å². The third kappa shape index (κ3) is 3.37. The molecule has 2 N–H and O–H groups in total. The maximum Gasteiger partial charge on any atom is 0.238 e. The molecule has 16 heavy (non-hydrogen) atoms. The van der Waals surface area contributed by atoms with E-state index >= 15 is 0 Å². The van der Waals surface area contributed by atoms with Crippen LogP contribution in [0.25, 0.3) is 0 Å². The number of carbonyl (C=O) groups excluding carboxylic acids is 1. The lowest BCUT2D eigenvalue weighted by molar-refractivity contribution is -0.123. The van der Waals surface area contributed by atoms with E-state index in [-0.39, 0.29) is 18.0 Å². The highest BCUT2D eigenvalue weighted by molar-refractivity contribution is 7.99. The third-order valence-corrected chi connectivity index (χ3v) is 4.09. The minimum atomic E-state index is 0.0195. The molecule has 2 aliphatic rings. The van der Waals surface area contributed by atoms with Crippen LogP contribution in [0.15, 0.2) is 0 Å². The second-order valence-electron chi connectivity index (χ2n) is 4.69. The topological polar surface area (TPSA) is 44.4 Å². The number of hydrogen-bond acceptors (Lipinski definition) is 4. The van der Waals surface area contributed by atoms with Crippen molar-refractivity contribution in [2.24, 2.45) is 0 Å². The van der Waals surface area contributed by atoms with Crippen LogP contribution in [-0.4, -0.2) is 54.2 Å². The van der Waals surface area contributed by atoms with Gasteiger partial charge in [-0.2, -0.15) is 0 Å². The minimum absolute atomic E-state index is 0.0195. The van der Waals surface area contributed by atoms with E-state index in [0.29, 0.717) is 0 Å². The molecule has 2 saturated heterocycles. The molecule has 92 valence electrons. The molecular formula is C11H21N3OS. The highest BCUT2D eigenvalue weighted by Gasteiger charge is 2.24. The molecule has 2 rings (SSSR count). The first-order chi connectivity index (χ1) is 7.75. The number of likely N-dealkylation sites (tertiary alicyclic amines) is 1. The summed E-state index contributed by atoms with van der Waals surface area (Å²) in [6.45, 7) is 5.47. The van der Waals surface area contributed by atoms with Gasteiger partial charge in [0.15, 0.2) is 0 Å². The van der Waals surface area contributed by atoms with Gasteiger partial charge in [0.1, 0.15) is 0 Å². The van der Waals surface area contributed by atoms with Gasteiger partial charge in [0.25, 0.3) is 0 Å². The molecule has 0 aromatic rings. The summed E-state index contributed by atoms with van der Waals surface area (Å²) in [6.07, 6.45) is 2.61. The zero-order chi connectivity index (χ0) is 11.4. The summed E-state index contributed by atoms with van der Waals surface area (Å²) >= 11 is 1.79. The fourth-order valence-corrected chi connectivity index (χ4v) is 3.25. The van der Waals surface area contributed by atoms with E-state index in [1.165, 1.54) is 25.9 Å². The van der Waals surface area contributed by atoms with Crippen molar-refractivity contribution in [1.82, 2.24) is 15.5 Å². The van der Waals surface area contributed by atoms with E-state index in [1.807, 2.05) is 0 Å². The smallest absolute Gasteiger partial charge is 0.238 e. The summed E-state index contributed by atoms with van der Waals surface area (Å²) in [4.78, 5) is 14.3. The Kier molecular flexibility index (Phi) is 4.49. The van der Waals surface area contributed by atoms with Crippen LogP contribution in [-0.2, 0) is 4.79 Å². The molecule has 0 radical (unpaired) electrons. The molecule has 5 heteroatoms. The second kappa shape index (κ2) is 5.89. The van der Waals surface area contributed by atoms with Gasteiger partial charge < -0.3 is 10.2 Å². The first kappa shape index (κ1) is 12.2. The van der Waals surface area contributed by atoms with Crippen LogP contribution < -0.4 is 10.6 Å². The Morgan fingerprint density at radius 1 is 1.56 bits per heavy atom. The molecule has 0 aliphatic carbocycles. The third-order valence-electron chi connectivity index (χ3n) is 3.15. The molecule has 0 aromatic heterocycles. The Balaban J connectivity index is 1.68. The monoisotopic (exact) mass is 243 g/mol. The summed E-state index contributed by atoms with van der Waals surface area (Å²) in [5.74, 6) is 1.97. The summed E-state index contributed by atoms with van der Waals surface area (Å²) in [6, 6.07) is 0.282. The van der Waals surface area contributed by atoms with Crippen LogP contribution in [0.5, 0.6) is 0 Å². The van der Waals surface area contributed by atoms with Gasteiger partial charge in [-0.3, -0.25) is 10.1 Å². The molecule has 2 heterocycles. The lowest BCUT2D eigenvalue weighted by Crippen LogP contribution is -2.48. The first-order valence-electron chi connectivity index (χ1n) is 6.09. The SMILES string of the molecule is CC(CN1CCCC1)NC(=O)C1CSCN1. The van der Waals surface area contributed by atoms with Crippen LogP contribution >= 0.6 is 11.8 Å². The zero-order valence-electron chi connectivity index (χ0n) is 9.87. The fourth-order valence-electron chi connectivity index (χ4n) is 2.31. The van der Waals surface area contributed by atoms with E-state index in [1.54, 1.807) is 11.8 Å². The molecule has 1 amide bonds. The summed E-state index contributed by atoms with van der Waals surface area (Å²) < 4.78 is 0. The minimum Gasteiger partial charge on any atom is -0.351 e. The number of thioether (sulfide) groups is 1. The van der Waals surface area contributed by atoms with E-state index in [4.69, 9.17) is 0 Å². The van der Waals surface area contributed by atoms with Crippen molar-refractivity contribution >= 4 is 17.7 Å². The summed E-state index contributed by atoms with van der Waals surface area (Å²) in [5.41, 5.74) is 0. The molecule has 0 bridgehead atoms. The number of amides is 1. The number of rotatable bonds is 4. The summed E-state index contributed by atoms with van der Waals surface area (Å²) in [5, 5.41) is 6.28. The van der Waals surface area contributed by atoms with Crippen LogP contribution in [0.1, 0.15) is 19.8 Å². The molecular weight excluding hydrogens is 222 g/mol. The molecule has 0 saturated carbocycles. The van der Waals surface area contributed by atoms with Gasteiger partial charge in [-0.05, 0) is 32.9 Å². The maximum atomic E-state index is 11.8. The average Bonchev–Trinajstić information content (AvgIpc) is 2.88. The Bertz CT molecular complexity index is 237. The van der Waals surface area contributed by atoms with E-state index in [0.717, 1.165) is 18.2 Å². The van der Waals surface area contributed by atoms with E-state index in [9.17, 15) is 4.79 Å². The molecule has 2 fully saturated rings. The number of carbonyl (C=O) groups is 1. The quantitative estimate of drug-likeness (QED) is 0.743. The molecule has 0 spiro atoms. The Morgan fingerprint density at radius 3 is 2.94 bits per heavy atom. The predicted molar refractivity (Wildman–Crippen MR) is 67.5 cm³/mol. The van der Waals surface area contributed by atoms with Gasteiger partial charge in [-0.25, -0.2) is 0 Å². The zero-order valence-corrected chi connectivity index (χ0v) is 10.7. The number of nitrogens with one attached hydrogen (secondary N) is 2. The van der Waals surface area contributed by atoms with Gasteiger partial charge in [0, 0.05) is 24.2 Å². The number of nitrogens with zero attached hydrogens (tertiary/aromatic N) is 1. The van der Waals surface area contributed by atoms with Crippen LogP contribution in [0.4, 0.5) is 0 Å². The molecule has 2 atom stereocenters. The van der Waals surface area contributed by atoms with Crippen LogP contribution in [0.2, 0.25) is 0 Å². The molecule has 0 aromatic carbocycles. The lowest BCUT2D eigenvalue weighted by atomic mass is 10.2. The van der Waals surface area contributed by atoms with Gasteiger partial charge in [-0.15, -0.1) is 11.8 Å². The van der Waals surface area contributed by atoms with E-state index < -0.39 is 0 Å². The molecule has 2 aliphatic heterocycles. The van der Waals surface area contributed by atoms with Gasteiger partial charge >= 0.3 is 0 Å². The van der Waals surface area contributed by atoms with E-state index in [2.05, 4.69) is 22.5 Å². The predicted octanol–water partition coefficient (Wildman–Crippen LogP) is 0.249. The van der Waals surface area contributed by atoms with Crippen molar-refractivity contribution in [1.29, 1.82) is 0 Å². The first-order valence-corrected chi connectivity index (χ1v) is 7.25. The van der Waals surface area contributed by atoms with Crippen molar-refractivity contribution < 1.29 is 4.79 Å². The van der Waals surface area contributed by atoms with Crippen molar-refractivity contribution in [2.45, 2.75) is 31.8 Å². The lowest BCUT2D eigenvalue weighted by Gasteiger charge is -2.22. The van der Waals surface area contributed by atoms with Crippen LogP contribution in [0, 0.1) is 0 Å². The van der Waals surface area contributed by atoms with Crippen molar-refractivity contribution in [3.05, 3.63) is 0 Å². The molecule has 2 unspecified atom stereocenters. The highest BCUT2D eigenvalue weighted by Crippen LogP contribution is 2.10. The average molecular weight is 243 g/mol. The van der Waals surface area contributed by atoms with Gasteiger partial charge in [0.2, 0.25) is 5.91 Å². The highest BCUT2D eigenvalue weighted by atomic mass is 32.2. The van der Waals surface area contributed by atoms with Gasteiger partial charge in [-0.1, -0.05) is 0 Å². The maximum absolute atomic E-state index is 11.8. The Hall–Kier alpha value is -0.260. The standard InChI is InChI=1S/C11H21N3OS/c1-9(6-14-4-2-3-5-14)13-11(15)10-7-16-8-12-10/h9-10,12H,2-8H2,1H3,(H,13,15). The van der Waals surface area contributed by atoms with Gasteiger partial charge in [0.05, 0.1) is 6.04 Å². The Morgan fingerprint density at radius 2 is 2.31 bits per heavy atom. The largest absolute Gasteiger partial charge is 0.351 e. The van der Waals surface area contributed by atoms with Crippen molar-refractivity contribution in [3.8, 4) is 0 Å². The fraction of sp³-hybridized carbons (Fsp3) is 0.909. The second-order valence-corrected chi connectivity index (χ2v) is 5.72. The summed E-state index contributed by atoms with van der Waals surface area (Å²) in [7, 11) is 0. The molecule has 4 nitrogen and oxygen atoms in total. The van der Waals surface area contributed by atoms with Crippen LogP contribution in [0.3, 0.4) is 0 Å².